The topological polar surface area (TPSA) is 191 Å². The van der Waals surface area contributed by atoms with Crippen LogP contribution in [0.3, 0.4) is 0 Å². The van der Waals surface area contributed by atoms with Crippen molar-refractivity contribution in [2.45, 2.75) is 40.3 Å². The number of nitrogens with one attached hydrogen (secondary N) is 2. The molecule has 0 aliphatic carbocycles. The Hall–Kier alpha value is -7.79. The smallest absolute Gasteiger partial charge is 0.338 e. The van der Waals surface area contributed by atoms with Crippen molar-refractivity contribution in [3.05, 3.63) is 196 Å². The third-order valence-corrected chi connectivity index (χ3v) is 12.6. The van der Waals surface area contributed by atoms with E-state index in [1.165, 1.54) is 15.9 Å². The number of para-hydroxylation sites is 2. The lowest BCUT2D eigenvalue weighted by molar-refractivity contribution is -0.126. The van der Waals surface area contributed by atoms with Gasteiger partial charge in [0, 0.05) is 32.2 Å². The van der Waals surface area contributed by atoms with Crippen molar-refractivity contribution < 1.29 is 33.3 Å². The molecule has 1 aliphatic heterocycles. The molecule has 6 aromatic carbocycles. The first-order valence-corrected chi connectivity index (χ1v) is 22.3. The van der Waals surface area contributed by atoms with Crippen LogP contribution in [0.1, 0.15) is 52.6 Å². The van der Waals surface area contributed by atoms with E-state index in [9.17, 15) is 28.5 Å². The van der Waals surface area contributed by atoms with Crippen LogP contribution >= 0.6 is 7.29 Å². The van der Waals surface area contributed by atoms with Crippen molar-refractivity contribution in [3.63, 3.8) is 0 Å². The normalized spacial score (nSPS) is 13.4. The number of aryl methyl sites for hydroxylation is 1. The summed E-state index contributed by atoms with van der Waals surface area (Å²) in [4.78, 5) is 76.7. The molecule has 330 valence electrons. The molecule has 0 bridgehead atoms. The summed E-state index contributed by atoms with van der Waals surface area (Å²) in [6.45, 7) is 6.77. The molecule has 65 heavy (non-hydrogen) atoms. The van der Waals surface area contributed by atoms with Crippen LogP contribution in [-0.4, -0.2) is 48.7 Å². The fourth-order valence-electron chi connectivity index (χ4n) is 6.99. The zero-order valence-corrected chi connectivity index (χ0v) is 37.2. The number of urea groups is 1. The molecule has 1 heterocycles. The molecule has 1 aliphatic rings. The molecule has 6 aromatic rings. The number of fused-ring (bicyclic) bond motifs is 1. The number of nitrogens with zero attached hydrogens (tertiary/aromatic N) is 5. The van der Waals surface area contributed by atoms with Crippen LogP contribution in [0.15, 0.2) is 169 Å². The third-order valence-electron chi connectivity index (χ3n) is 10.3. The van der Waals surface area contributed by atoms with Gasteiger partial charge in [0.05, 0.1) is 30.0 Å². The highest BCUT2D eigenvalue weighted by molar-refractivity contribution is 7.77. The van der Waals surface area contributed by atoms with E-state index in [4.69, 9.17) is 10.3 Å². The van der Waals surface area contributed by atoms with E-state index in [0.717, 1.165) is 11.1 Å². The monoisotopic (exact) mass is 889 g/mol. The van der Waals surface area contributed by atoms with Crippen molar-refractivity contribution in [1.82, 2.24) is 5.32 Å². The summed E-state index contributed by atoms with van der Waals surface area (Å²) in [5, 5.41) is 6.49. The average Bonchev–Trinajstić information content (AvgIpc) is 3.42. The van der Waals surface area contributed by atoms with Gasteiger partial charge in [-0.1, -0.05) is 154 Å². The van der Waals surface area contributed by atoms with Gasteiger partial charge in [-0.25, -0.2) is 9.59 Å². The van der Waals surface area contributed by atoms with Crippen molar-refractivity contribution >= 4 is 64.6 Å². The summed E-state index contributed by atoms with van der Waals surface area (Å²) >= 11 is 0. The Kier molecular flexibility index (Phi) is 15.1. The van der Waals surface area contributed by atoms with Crippen LogP contribution in [0.4, 0.5) is 21.9 Å². The molecule has 15 heteroatoms. The van der Waals surface area contributed by atoms with Gasteiger partial charge in [-0.15, -0.1) is 0 Å². The Bertz CT molecular complexity index is 2730. The number of hydrogen-bond donors (Lipinski definition) is 2. The molecule has 0 aromatic heterocycles. The summed E-state index contributed by atoms with van der Waals surface area (Å²) in [6, 6.07) is 45.2. The Morgan fingerprint density at radius 1 is 0.769 bits per heavy atom. The van der Waals surface area contributed by atoms with Gasteiger partial charge < -0.3 is 29.7 Å². The van der Waals surface area contributed by atoms with Gasteiger partial charge in [0.1, 0.15) is 12.6 Å². The number of ether oxygens (including phenoxy) is 1. The Morgan fingerprint density at radius 2 is 1.34 bits per heavy atom. The van der Waals surface area contributed by atoms with E-state index < -0.39 is 36.7 Å². The van der Waals surface area contributed by atoms with Crippen molar-refractivity contribution in [1.29, 1.82) is 0 Å². The number of ketones is 1. The van der Waals surface area contributed by atoms with Gasteiger partial charge in [0.25, 0.3) is 5.91 Å². The SMILES string of the molecule is Cc1ccccc1C(=O)CN1C(=O)C(NC(=O)Nc2cccc(C(=O)OCc3ccccc3)c2)CN(C(=O)C(C)(C)C)c2ccccc21.[N-]=[N+]=NP(=O)(c1ccccc1)c1ccccc1. The summed E-state index contributed by atoms with van der Waals surface area (Å²) in [5.41, 5.74) is 11.2. The lowest BCUT2D eigenvalue weighted by Gasteiger charge is -2.30. The maximum Gasteiger partial charge on any atom is 0.338 e. The number of esters is 1. The highest BCUT2D eigenvalue weighted by Crippen LogP contribution is 2.45. The van der Waals surface area contributed by atoms with Crippen LogP contribution in [-0.2, 0) is 25.5 Å². The minimum Gasteiger partial charge on any atom is -0.457 e. The number of carbonyl (C=O) groups excluding carboxylic acids is 5. The minimum absolute atomic E-state index is 0.0939. The number of benzene rings is 6. The molecule has 1 atom stereocenters. The highest BCUT2D eigenvalue weighted by atomic mass is 31.2. The number of carbonyl (C=O) groups is 5. The van der Waals surface area contributed by atoms with Crippen LogP contribution in [0.5, 0.6) is 0 Å². The van der Waals surface area contributed by atoms with E-state index in [1.807, 2.05) is 61.5 Å². The quantitative estimate of drug-likeness (QED) is 0.0323. The zero-order chi connectivity index (χ0) is 46.6. The van der Waals surface area contributed by atoms with E-state index in [2.05, 4.69) is 20.4 Å². The van der Waals surface area contributed by atoms with Crippen LogP contribution < -0.4 is 31.0 Å². The molecule has 0 fully saturated rings. The molecule has 7 rings (SSSR count). The average molecular weight is 890 g/mol. The highest BCUT2D eigenvalue weighted by Gasteiger charge is 2.40. The Balaban J connectivity index is 0.000000343. The van der Waals surface area contributed by atoms with Crippen LogP contribution in [0.25, 0.3) is 10.4 Å². The predicted octanol–water partition coefficient (Wildman–Crippen LogP) is 9.38. The zero-order valence-electron chi connectivity index (χ0n) is 36.3. The van der Waals surface area contributed by atoms with Gasteiger partial charge in [-0.05, 0) is 58.8 Å². The van der Waals surface area contributed by atoms with Gasteiger partial charge in [-0.3, -0.25) is 14.4 Å². The van der Waals surface area contributed by atoms with Crippen LogP contribution in [0.2, 0.25) is 0 Å². The Morgan fingerprint density at radius 3 is 1.94 bits per heavy atom. The molecule has 2 N–H and O–H groups in total. The summed E-state index contributed by atoms with van der Waals surface area (Å²) < 4.78 is 18.2. The Labute approximate surface area is 377 Å². The fraction of sp³-hybridized carbons (Fsp3) is 0.180. The lowest BCUT2D eigenvalue weighted by atomic mass is 9.94. The second-order valence-corrected chi connectivity index (χ2v) is 18.4. The summed E-state index contributed by atoms with van der Waals surface area (Å²) in [7, 11) is -3.22. The molecular weight excluding hydrogens is 842 g/mol. The molecular formula is C50H48N7O7P. The molecule has 4 amide bonds. The molecule has 0 spiro atoms. The number of amides is 4. The first-order chi connectivity index (χ1) is 31.2. The second kappa shape index (κ2) is 21.1. The van der Waals surface area contributed by atoms with Gasteiger partial charge >= 0.3 is 12.0 Å². The second-order valence-electron chi connectivity index (χ2n) is 16.0. The van der Waals surface area contributed by atoms with Crippen molar-refractivity contribution in [2.24, 2.45) is 10.3 Å². The summed E-state index contributed by atoms with van der Waals surface area (Å²) in [5.74, 6) is -1.67. The van der Waals surface area contributed by atoms with Gasteiger partial charge in [-0.2, -0.15) is 0 Å². The van der Waals surface area contributed by atoms with E-state index in [-0.39, 0.29) is 37.0 Å². The molecule has 0 radical (unpaired) electrons. The maximum absolute atomic E-state index is 14.2. The van der Waals surface area contributed by atoms with Crippen LogP contribution in [0, 0.1) is 12.3 Å². The third kappa shape index (κ3) is 11.6. The van der Waals surface area contributed by atoms with E-state index in [0.29, 0.717) is 33.2 Å². The molecule has 1 unspecified atom stereocenters. The molecule has 14 nitrogen and oxygen atoms in total. The van der Waals surface area contributed by atoms with E-state index in [1.54, 1.807) is 124 Å². The first kappa shape index (κ1) is 46.7. The molecule has 0 saturated heterocycles. The number of rotatable bonds is 11. The van der Waals surface area contributed by atoms with Crippen molar-refractivity contribution in [3.8, 4) is 0 Å². The predicted molar refractivity (Wildman–Crippen MR) is 253 cm³/mol. The first-order valence-electron chi connectivity index (χ1n) is 20.7. The number of anilines is 3. The number of Topliss-reactive ketones (excluding diaryl/α,β-unsaturated/α-hetero) is 1. The van der Waals surface area contributed by atoms with Crippen molar-refractivity contribution in [2.75, 3.05) is 28.2 Å². The summed E-state index contributed by atoms with van der Waals surface area (Å²) in [6.07, 6.45) is 0. The van der Waals surface area contributed by atoms with Gasteiger partial charge in [0.2, 0.25) is 13.2 Å². The fourth-order valence-corrected chi connectivity index (χ4v) is 8.76. The number of hydrogen-bond acceptors (Lipinski definition) is 7. The standard InChI is InChI=1S/C38H38N4O6.C12H10N3OP/c1-25-13-8-9-18-29(25)33(43)23-41-31-19-10-11-20-32(31)42(36(46)38(2,3)4)22-30(34(41)44)40-37(47)39-28-17-12-16-27(21-28)35(45)48-24-26-14-6-5-7-15-26;13-14-15-17(16,11-7-3-1-4-8-11)12-9-5-2-6-10-12/h5-21,30H,22-24H2,1-4H3,(H2,39,40,47);1-10H. The largest absolute Gasteiger partial charge is 0.457 e. The molecule has 0 saturated carbocycles. The maximum atomic E-state index is 14.2. The lowest BCUT2D eigenvalue weighted by Crippen LogP contribution is -2.55. The number of azide groups is 1. The van der Waals surface area contributed by atoms with E-state index >= 15 is 0 Å². The minimum atomic E-state index is -3.22. The van der Waals surface area contributed by atoms with Gasteiger partial charge in [0.15, 0.2) is 5.78 Å².